The Morgan fingerprint density at radius 1 is 1.04 bits per heavy atom. The Morgan fingerprint density at radius 2 is 1.69 bits per heavy atom. The zero-order valence-electron chi connectivity index (χ0n) is 27.1. The van der Waals surface area contributed by atoms with Crippen molar-refractivity contribution in [3.8, 4) is 16.9 Å². The number of phenolic OH excluding ortho intramolecular Hbond substituents is 1. The molecular weight excluding hydrogens is 568 g/mol. The van der Waals surface area contributed by atoms with E-state index in [1.165, 1.54) is 11.6 Å². The van der Waals surface area contributed by atoms with Crippen LogP contribution in [-0.2, 0) is 22.4 Å². The Morgan fingerprint density at radius 3 is 2.27 bits per heavy atom. The smallest absolute Gasteiger partial charge is 0.209 e. The lowest BCUT2D eigenvalue weighted by atomic mass is 9.44. The molecule has 238 valence electrons. The zero-order valence-corrected chi connectivity index (χ0v) is 27.1. The Labute approximate surface area is 265 Å². The maximum atomic E-state index is 14.3. The van der Waals surface area contributed by atoms with Crippen LogP contribution < -0.4 is 0 Å². The minimum atomic E-state index is -2.62. The highest BCUT2D eigenvalue weighted by Gasteiger charge is 2.71. The number of hydrogen-bond donors (Lipinski definition) is 4. The first-order chi connectivity index (χ1) is 21.0. The van der Waals surface area contributed by atoms with Gasteiger partial charge in [-0.25, -0.2) is 0 Å². The molecule has 0 bridgehead atoms. The number of aliphatic hydroxyl groups excluding tert-OH is 2. The largest absolute Gasteiger partial charge is 0.511 e. The summed E-state index contributed by atoms with van der Waals surface area (Å²) < 4.78 is 0. The van der Waals surface area contributed by atoms with Crippen LogP contribution in [0.1, 0.15) is 88.7 Å². The molecule has 1 unspecified atom stereocenters. The minimum Gasteiger partial charge on any atom is -0.511 e. The van der Waals surface area contributed by atoms with E-state index in [1.54, 1.807) is 13.0 Å². The van der Waals surface area contributed by atoms with Gasteiger partial charge < -0.3 is 20.4 Å². The molecule has 4 N–H and O–H groups in total. The highest BCUT2D eigenvalue weighted by atomic mass is 16.3. The molecule has 0 aromatic heterocycles. The molecule has 3 aliphatic carbocycles. The Hall–Kier alpha value is -3.97. The summed E-state index contributed by atoms with van der Waals surface area (Å²) in [6.07, 6.45) is 4.25. The Bertz CT molecular complexity index is 1690. The fourth-order valence-electron chi connectivity index (χ4n) is 8.61. The first-order valence-corrected chi connectivity index (χ1v) is 15.8. The van der Waals surface area contributed by atoms with Crippen LogP contribution in [0, 0.1) is 22.7 Å². The van der Waals surface area contributed by atoms with Crippen molar-refractivity contribution in [1.82, 2.24) is 0 Å². The van der Waals surface area contributed by atoms with Gasteiger partial charge in [-0.2, -0.15) is 0 Å². The molecule has 0 radical (unpaired) electrons. The van der Waals surface area contributed by atoms with E-state index >= 15 is 0 Å². The van der Waals surface area contributed by atoms with Gasteiger partial charge in [0.15, 0.2) is 17.2 Å². The van der Waals surface area contributed by atoms with Crippen molar-refractivity contribution in [2.45, 2.75) is 85.7 Å². The van der Waals surface area contributed by atoms with Crippen LogP contribution in [0.3, 0.4) is 0 Å². The van der Waals surface area contributed by atoms with E-state index in [1.807, 2.05) is 45.0 Å². The molecule has 0 saturated heterocycles. The van der Waals surface area contributed by atoms with Crippen LogP contribution in [0.4, 0.5) is 0 Å². The summed E-state index contributed by atoms with van der Waals surface area (Å²) in [5.41, 5.74) is -1.31. The second-order valence-corrected chi connectivity index (χ2v) is 14.2. The average Bonchev–Trinajstić information content (AvgIpc) is 2.94. The van der Waals surface area contributed by atoms with Gasteiger partial charge in [-0.3, -0.25) is 14.4 Å². The van der Waals surface area contributed by atoms with Gasteiger partial charge in [0.2, 0.25) is 5.78 Å². The fraction of sp³-hybridized carbons (Fsp3) is 0.447. The van der Waals surface area contributed by atoms with Crippen molar-refractivity contribution in [2.75, 3.05) is 0 Å². The molecule has 0 amide bonds. The predicted molar refractivity (Wildman–Crippen MR) is 173 cm³/mol. The molecular formula is C38H44O7. The first kappa shape index (κ1) is 32.4. The Balaban J connectivity index is 1.66. The molecule has 4 atom stereocenters. The maximum Gasteiger partial charge on any atom is 0.209 e. The van der Waals surface area contributed by atoms with E-state index in [0.717, 1.165) is 49.3 Å². The second kappa shape index (κ2) is 11.1. The standard InChI is InChI=1S/C38H44O7/c1-8-9-10-21(4)17-23-11-13-24(14-12-23)25-15-16-27(40)29-26(25)18-36(6)19-37(7)30(20(2)3)32(41)28(22(5)39)34(43)38(37,45)35(44)31(36)33(29)42/h11-16,20,30,40-41,44-45H,4,8-10,17-19H2,1-3,5-7H3/t30?,36-,37-,38+/m1/s1. The summed E-state index contributed by atoms with van der Waals surface area (Å²) >= 11 is 0. The predicted octanol–water partition coefficient (Wildman–Crippen LogP) is 7.30. The molecule has 0 heterocycles. The number of phenols is 1. The number of rotatable bonds is 8. The van der Waals surface area contributed by atoms with Gasteiger partial charge in [0, 0.05) is 22.3 Å². The molecule has 7 nitrogen and oxygen atoms in total. The van der Waals surface area contributed by atoms with Crippen LogP contribution in [0.25, 0.3) is 11.1 Å². The fourth-order valence-corrected chi connectivity index (χ4v) is 8.61. The number of carbonyl (C=O) groups excluding carboxylic acids is 3. The van der Waals surface area contributed by atoms with Gasteiger partial charge in [0.25, 0.3) is 0 Å². The van der Waals surface area contributed by atoms with Crippen molar-refractivity contribution in [3.63, 3.8) is 0 Å². The van der Waals surface area contributed by atoms with E-state index in [9.17, 15) is 34.8 Å². The molecule has 45 heavy (non-hydrogen) atoms. The van der Waals surface area contributed by atoms with E-state index in [0.29, 0.717) is 5.56 Å². The van der Waals surface area contributed by atoms with E-state index in [4.69, 9.17) is 0 Å². The molecule has 2 aromatic rings. The van der Waals surface area contributed by atoms with Crippen LogP contribution in [0.2, 0.25) is 0 Å². The van der Waals surface area contributed by atoms with Crippen LogP contribution in [0.15, 0.2) is 71.2 Å². The van der Waals surface area contributed by atoms with E-state index < -0.39 is 56.8 Å². The van der Waals surface area contributed by atoms with Crippen molar-refractivity contribution >= 4 is 17.3 Å². The number of benzene rings is 2. The highest BCUT2D eigenvalue weighted by Crippen LogP contribution is 2.65. The van der Waals surface area contributed by atoms with Gasteiger partial charge >= 0.3 is 0 Å². The quantitative estimate of drug-likeness (QED) is 0.182. The number of Topliss-reactive ketones (excluding diaryl/α,β-unsaturated/α-hetero) is 3. The van der Waals surface area contributed by atoms with Crippen molar-refractivity contribution < 1.29 is 34.8 Å². The minimum absolute atomic E-state index is 0.0181. The summed E-state index contributed by atoms with van der Waals surface area (Å²) in [4.78, 5) is 40.7. The summed E-state index contributed by atoms with van der Waals surface area (Å²) in [7, 11) is 0. The number of unbranched alkanes of at least 4 members (excludes halogenated alkanes) is 1. The second-order valence-electron chi connectivity index (χ2n) is 14.2. The summed E-state index contributed by atoms with van der Waals surface area (Å²) in [5, 5.41) is 46.4. The Kier molecular flexibility index (Phi) is 8.02. The summed E-state index contributed by atoms with van der Waals surface area (Å²) in [5.74, 6) is -5.18. The van der Waals surface area contributed by atoms with Crippen LogP contribution >= 0.6 is 0 Å². The molecule has 0 spiro atoms. The van der Waals surface area contributed by atoms with Gasteiger partial charge in [-0.15, -0.1) is 0 Å². The topological polar surface area (TPSA) is 132 Å². The monoisotopic (exact) mass is 612 g/mol. The number of fused-ring (bicyclic) bond motifs is 3. The number of hydrogen-bond acceptors (Lipinski definition) is 7. The number of aliphatic hydroxyl groups is 3. The number of aromatic hydroxyl groups is 1. The molecule has 0 saturated carbocycles. The third-order valence-electron chi connectivity index (χ3n) is 10.5. The number of carbonyl (C=O) groups is 3. The zero-order chi connectivity index (χ0) is 33.2. The van der Waals surface area contributed by atoms with Crippen molar-refractivity contribution in [1.29, 1.82) is 0 Å². The third-order valence-corrected chi connectivity index (χ3v) is 10.5. The van der Waals surface area contributed by atoms with E-state index in [-0.39, 0.29) is 35.6 Å². The summed E-state index contributed by atoms with van der Waals surface area (Å²) in [6, 6.07) is 11.3. The maximum absolute atomic E-state index is 14.3. The molecule has 0 fully saturated rings. The SMILES string of the molecule is C=C(CCCC)Cc1ccc(-c2ccc(O)c3c2C[C@]2(C)C[C@]4(C)C(C(C)C)C(O)=C(C(C)=O)C(=O)[C@]4(O)C(O)=C2C3=O)cc1. The first-order valence-electron chi connectivity index (χ1n) is 15.8. The average molecular weight is 613 g/mol. The van der Waals surface area contributed by atoms with Gasteiger partial charge in [0.1, 0.15) is 22.8 Å². The lowest BCUT2D eigenvalue weighted by Gasteiger charge is -2.59. The molecule has 5 rings (SSSR count). The molecule has 2 aromatic carbocycles. The van der Waals surface area contributed by atoms with Crippen molar-refractivity contribution in [3.05, 3.63) is 87.9 Å². The molecule has 3 aliphatic rings. The lowest BCUT2D eigenvalue weighted by Crippen LogP contribution is -2.67. The number of ketones is 3. The molecule has 7 heteroatoms. The third kappa shape index (κ3) is 4.70. The summed E-state index contributed by atoms with van der Waals surface area (Å²) in [6.45, 7) is 14.6. The normalized spacial score (nSPS) is 27.8. The van der Waals surface area contributed by atoms with Crippen LogP contribution in [0.5, 0.6) is 5.75 Å². The lowest BCUT2D eigenvalue weighted by molar-refractivity contribution is -0.171. The van der Waals surface area contributed by atoms with E-state index in [2.05, 4.69) is 13.5 Å². The van der Waals surface area contributed by atoms with Gasteiger partial charge in [-0.05, 0) is 73.3 Å². The van der Waals surface area contributed by atoms with Gasteiger partial charge in [0.05, 0.1) is 5.56 Å². The van der Waals surface area contributed by atoms with Crippen LogP contribution in [-0.4, -0.2) is 43.4 Å². The molecule has 0 aliphatic heterocycles. The highest BCUT2D eigenvalue weighted by molar-refractivity contribution is 6.25. The van der Waals surface area contributed by atoms with Crippen molar-refractivity contribution in [2.24, 2.45) is 22.7 Å². The number of allylic oxidation sites excluding steroid dienone is 3. The van der Waals surface area contributed by atoms with Gasteiger partial charge in [-0.1, -0.05) is 83.5 Å².